The second kappa shape index (κ2) is 9.63. The van der Waals surface area contributed by atoms with E-state index < -0.39 is 21.2 Å². The number of aromatic carboxylic acids is 1. The van der Waals surface area contributed by atoms with Crippen LogP contribution in [0, 0.1) is 10.8 Å². The van der Waals surface area contributed by atoms with Gasteiger partial charge in [-0.3, -0.25) is 9.48 Å². The maximum absolute atomic E-state index is 13.1. The molecule has 1 saturated heterocycles. The number of aryl methyl sites for hydroxylation is 1. The maximum atomic E-state index is 13.1. The molecule has 1 spiro atoms. The molecule has 36 heavy (non-hydrogen) atoms. The molecule has 2 aromatic rings. The summed E-state index contributed by atoms with van der Waals surface area (Å²) in [6.45, 7) is 8.24. The summed E-state index contributed by atoms with van der Waals surface area (Å²) in [7, 11) is -3.63. The van der Waals surface area contributed by atoms with Gasteiger partial charge in [-0.25, -0.2) is 13.2 Å². The molecule has 2 aliphatic rings. The number of rotatable bonds is 7. The smallest absolute Gasteiger partial charge is 0.336 e. The van der Waals surface area contributed by atoms with E-state index in [-0.39, 0.29) is 28.2 Å². The van der Waals surface area contributed by atoms with Crippen LogP contribution in [-0.4, -0.2) is 61.2 Å². The highest BCUT2D eigenvalue weighted by Gasteiger charge is 2.40. The summed E-state index contributed by atoms with van der Waals surface area (Å²) >= 11 is 0. The molecule has 0 aliphatic carbocycles. The lowest BCUT2D eigenvalue weighted by molar-refractivity contribution is 0.0150. The van der Waals surface area contributed by atoms with E-state index in [9.17, 15) is 23.1 Å². The van der Waals surface area contributed by atoms with E-state index in [0.717, 1.165) is 30.5 Å². The predicted octanol–water partition coefficient (Wildman–Crippen LogP) is 2.90. The summed E-state index contributed by atoms with van der Waals surface area (Å²) in [6.07, 6.45) is 4.34. The van der Waals surface area contributed by atoms with Crippen LogP contribution in [0.4, 0.5) is 0 Å². The number of sulfone groups is 1. The molecule has 1 aromatic heterocycles. The number of carbonyl (C=O) groups excluding carboxylic acids is 1. The van der Waals surface area contributed by atoms with Crippen LogP contribution in [0.5, 0.6) is 0 Å². The lowest BCUT2D eigenvalue weighted by atomic mass is 9.76. The van der Waals surface area contributed by atoms with E-state index in [1.807, 2.05) is 25.5 Å². The van der Waals surface area contributed by atoms with Gasteiger partial charge in [0.15, 0.2) is 9.84 Å². The predicted molar refractivity (Wildman–Crippen MR) is 134 cm³/mol. The fourth-order valence-electron chi connectivity index (χ4n) is 5.54. The molecule has 2 aliphatic heterocycles. The Morgan fingerprint density at radius 1 is 1.28 bits per heavy atom. The van der Waals surface area contributed by atoms with Crippen LogP contribution in [0.3, 0.4) is 0 Å². The number of hydrogen-bond acceptors (Lipinski definition) is 6. The second-order valence-electron chi connectivity index (χ2n) is 11.0. The fourth-order valence-corrected chi connectivity index (χ4v) is 6.49. The lowest BCUT2D eigenvalue weighted by Gasteiger charge is -2.36. The largest absolute Gasteiger partial charge is 0.478 e. The van der Waals surface area contributed by atoms with Crippen molar-refractivity contribution in [2.45, 2.75) is 64.3 Å². The Kier molecular flexibility index (Phi) is 7.04. The Hall–Kier alpha value is -2.72. The van der Waals surface area contributed by atoms with Crippen molar-refractivity contribution in [2.75, 3.05) is 26.0 Å². The van der Waals surface area contributed by atoms with Gasteiger partial charge in [-0.2, -0.15) is 5.10 Å². The number of ether oxygens (including phenoxy) is 1. The number of carbonyl (C=O) groups is 2. The monoisotopic (exact) mass is 517 g/mol. The Morgan fingerprint density at radius 2 is 1.97 bits per heavy atom. The standard InChI is InChI=1S/C26H35N3O6S/c1-5-19-22-20(14-26(15-27-23(22)30)9-11-35-12-10-26)29(28-19)16-25(2,3)13-18-17(24(31)32)7-6-8-21(18)36(4,33)34/h6-8H,5,9-16H2,1-4H3,(H,27,30)(H,31,32). The van der Waals surface area contributed by atoms with Crippen LogP contribution in [0.15, 0.2) is 23.1 Å². The van der Waals surface area contributed by atoms with Gasteiger partial charge in [-0.15, -0.1) is 0 Å². The number of fused-ring (bicyclic) bond motifs is 1. The van der Waals surface area contributed by atoms with Gasteiger partial charge in [-0.1, -0.05) is 26.8 Å². The van der Waals surface area contributed by atoms with E-state index in [1.165, 1.54) is 18.2 Å². The van der Waals surface area contributed by atoms with Crippen molar-refractivity contribution >= 4 is 21.7 Å². The first-order valence-corrected chi connectivity index (χ1v) is 14.2. The first kappa shape index (κ1) is 26.3. The van der Waals surface area contributed by atoms with Crippen LogP contribution in [-0.2, 0) is 40.4 Å². The number of amides is 1. The van der Waals surface area contributed by atoms with E-state index in [4.69, 9.17) is 9.84 Å². The van der Waals surface area contributed by atoms with Crippen molar-refractivity contribution < 1.29 is 27.9 Å². The number of carboxylic acids is 1. The Balaban J connectivity index is 1.74. The molecule has 0 radical (unpaired) electrons. The second-order valence-corrected chi connectivity index (χ2v) is 12.9. The van der Waals surface area contributed by atoms with Crippen molar-refractivity contribution in [3.63, 3.8) is 0 Å². The van der Waals surface area contributed by atoms with Crippen molar-refractivity contribution in [3.8, 4) is 0 Å². The first-order chi connectivity index (χ1) is 16.9. The van der Waals surface area contributed by atoms with E-state index in [0.29, 0.717) is 50.3 Å². The molecule has 1 aromatic carbocycles. The van der Waals surface area contributed by atoms with Crippen LogP contribution < -0.4 is 5.32 Å². The summed E-state index contributed by atoms with van der Waals surface area (Å²) in [5, 5.41) is 17.7. The molecule has 4 rings (SSSR count). The van der Waals surface area contributed by atoms with Gasteiger partial charge >= 0.3 is 5.97 Å². The third kappa shape index (κ3) is 5.20. The fraction of sp³-hybridized carbons (Fsp3) is 0.577. The highest BCUT2D eigenvalue weighted by atomic mass is 32.2. The van der Waals surface area contributed by atoms with Gasteiger partial charge in [-0.05, 0) is 60.6 Å². The van der Waals surface area contributed by atoms with E-state index in [1.54, 1.807) is 0 Å². The lowest BCUT2D eigenvalue weighted by Crippen LogP contribution is -2.41. The van der Waals surface area contributed by atoms with E-state index in [2.05, 4.69) is 5.32 Å². The highest BCUT2D eigenvalue weighted by molar-refractivity contribution is 7.90. The van der Waals surface area contributed by atoms with Gasteiger partial charge in [0, 0.05) is 32.6 Å². The van der Waals surface area contributed by atoms with Crippen LogP contribution in [0.1, 0.15) is 71.3 Å². The molecule has 1 fully saturated rings. The van der Waals surface area contributed by atoms with Crippen LogP contribution in [0.2, 0.25) is 0 Å². The third-order valence-corrected chi connectivity index (χ3v) is 8.59. The normalized spacial score (nSPS) is 17.9. The van der Waals surface area contributed by atoms with Crippen molar-refractivity contribution in [2.24, 2.45) is 10.8 Å². The van der Waals surface area contributed by atoms with Crippen molar-refractivity contribution in [1.29, 1.82) is 0 Å². The zero-order valence-electron chi connectivity index (χ0n) is 21.4. The quantitative estimate of drug-likeness (QED) is 0.578. The third-order valence-electron chi connectivity index (χ3n) is 7.41. The van der Waals surface area contributed by atoms with Gasteiger partial charge in [0.1, 0.15) is 0 Å². The number of carboxylic acid groups (broad SMARTS) is 1. The molecule has 0 unspecified atom stereocenters. The Bertz CT molecular complexity index is 1290. The molecule has 0 saturated carbocycles. The molecule has 0 atom stereocenters. The molecule has 2 N–H and O–H groups in total. The minimum absolute atomic E-state index is 0.0138. The summed E-state index contributed by atoms with van der Waals surface area (Å²) < 4.78 is 32.5. The zero-order chi connectivity index (χ0) is 26.3. The number of nitrogens with one attached hydrogen (secondary N) is 1. The van der Waals surface area contributed by atoms with Gasteiger partial charge < -0.3 is 15.2 Å². The topological polar surface area (TPSA) is 128 Å². The average Bonchev–Trinajstić information content (AvgIpc) is 3.05. The number of hydrogen-bond donors (Lipinski definition) is 2. The van der Waals surface area contributed by atoms with E-state index >= 15 is 0 Å². The molecular weight excluding hydrogens is 482 g/mol. The van der Waals surface area contributed by atoms with Gasteiger partial charge in [0.05, 0.1) is 27.4 Å². The van der Waals surface area contributed by atoms with Crippen LogP contribution in [0.25, 0.3) is 0 Å². The summed E-state index contributed by atoms with van der Waals surface area (Å²) in [5.41, 5.74) is 1.91. The molecule has 1 amide bonds. The molecule has 10 heteroatoms. The zero-order valence-corrected chi connectivity index (χ0v) is 22.2. The highest BCUT2D eigenvalue weighted by Crippen LogP contribution is 2.38. The van der Waals surface area contributed by atoms with Gasteiger partial charge in [0.25, 0.3) is 5.91 Å². The number of nitrogens with zero attached hydrogens (tertiary/aromatic N) is 2. The van der Waals surface area contributed by atoms with Crippen LogP contribution >= 0.6 is 0 Å². The summed E-state index contributed by atoms with van der Waals surface area (Å²) in [6, 6.07) is 4.36. The Morgan fingerprint density at radius 3 is 2.58 bits per heavy atom. The number of benzene rings is 1. The molecule has 196 valence electrons. The summed E-state index contributed by atoms with van der Waals surface area (Å²) in [5.74, 6) is -1.27. The van der Waals surface area contributed by atoms with Gasteiger partial charge in [0.2, 0.25) is 0 Å². The number of aromatic nitrogens is 2. The SMILES string of the molecule is CCc1nn(CC(C)(C)Cc2c(C(=O)O)cccc2S(C)(=O)=O)c2c1C(=O)NCC1(CCOCC1)C2. The van der Waals surface area contributed by atoms with Crippen molar-refractivity contribution in [1.82, 2.24) is 15.1 Å². The molecular formula is C26H35N3O6S. The van der Waals surface area contributed by atoms with Crippen molar-refractivity contribution in [3.05, 3.63) is 46.3 Å². The minimum atomic E-state index is -3.63. The Labute approximate surface area is 212 Å². The maximum Gasteiger partial charge on any atom is 0.336 e. The minimum Gasteiger partial charge on any atom is -0.478 e. The molecule has 3 heterocycles. The molecule has 0 bridgehead atoms. The molecule has 9 nitrogen and oxygen atoms in total. The summed E-state index contributed by atoms with van der Waals surface area (Å²) in [4.78, 5) is 25.1. The average molecular weight is 518 g/mol. The first-order valence-electron chi connectivity index (χ1n) is 12.4.